The molecular weight excluding hydrogens is 406 g/mol. The fourth-order valence-electron chi connectivity index (χ4n) is 3.81. The quantitative estimate of drug-likeness (QED) is 0.722. The summed E-state index contributed by atoms with van der Waals surface area (Å²) in [6.07, 6.45) is 0. The van der Waals surface area contributed by atoms with E-state index in [2.05, 4.69) is 20.8 Å². The van der Waals surface area contributed by atoms with Gasteiger partial charge < -0.3 is 0 Å². The van der Waals surface area contributed by atoms with Gasteiger partial charge in [0.25, 0.3) is 0 Å². The molecule has 0 aliphatic carbocycles. The van der Waals surface area contributed by atoms with E-state index in [0.717, 1.165) is 11.1 Å². The van der Waals surface area contributed by atoms with Gasteiger partial charge in [-0.3, -0.25) is 4.90 Å². The van der Waals surface area contributed by atoms with Crippen molar-refractivity contribution in [1.82, 2.24) is 4.90 Å². The third-order valence-electron chi connectivity index (χ3n) is 5.56. The van der Waals surface area contributed by atoms with Gasteiger partial charge >= 0.3 is 0 Å². The number of benzene rings is 2. The lowest BCUT2D eigenvalue weighted by atomic mass is 9.87. The second kappa shape index (κ2) is 7.85. The van der Waals surface area contributed by atoms with E-state index in [1.807, 2.05) is 47.4 Å². The molecule has 1 aliphatic heterocycles. The third-order valence-corrected chi connectivity index (χ3v) is 9.70. The van der Waals surface area contributed by atoms with Crippen molar-refractivity contribution < 1.29 is 16.8 Å². The summed E-state index contributed by atoms with van der Waals surface area (Å²) in [5, 5.41) is -0.971. The molecule has 0 aromatic heterocycles. The van der Waals surface area contributed by atoms with Crippen LogP contribution in [-0.4, -0.2) is 51.6 Å². The highest BCUT2D eigenvalue weighted by atomic mass is 32.2. The van der Waals surface area contributed by atoms with Gasteiger partial charge in [0.05, 0.1) is 21.7 Å². The van der Waals surface area contributed by atoms with Crippen LogP contribution in [0.15, 0.2) is 59.5 Å². The molecule has 158 valence electrons. The van der Waals surface area contributed by atoms with Crippen LogP contribution in [0.5, 0.6) is 0 Å². The minimum Gasteiger partial charge on any atom is -0.297 e. The lowest BCUT2D eigenvalue weighted by molar-refractivity contribution is 0.255. The maximum Gasteiger partial charge on any atom is 0.183 e. The zero-order chi connectivity index (χ0) is 21.4. The van der Waals surface area contributed by atoms with Gasteiger partial charge in [-0.2, -0.15) is 0 Å². The lowest BCUT2D eigenvalue weighted by Crippen LogP contribution is -2.44. The molecule has 0 bridgehead atoms. The molecule has 1 heterocycles. The summed E-state index contributed by atoms with van der Waals surface area (Å²) in [6.45, 7) is 6.69. The Balaban J connectivity index is 1.91. The molecule has 3 rings (SSSR count). The Bertz CT molecular complexity index is 1050. The van der Waals surface area contributed by atoms with Crippen LogP contribution in [0.2, 0.25) is 0 Å². The van der Waals surface area contributed by atoms with Crippen molar-refractivity contribution in [1.29, 1.82) is 0 Å². The molecule has 0 unspecified atom stereocenters. The minimum atomic E-state index is -3.78. The summed E-state index contributed by atoms with van der Waals surface area (Å²) >= 11 is 0. The predicted octanol–water partition coefficient (Wildman–Crippen LogP) is 3.06. The molecule has 1 aliphatic rings. The minimum absolute atomic E-state index is 0.0859. The van der Waals surface area contributed by atoms with Crippen molar-refractivity contribution in [2.45, 2.75) is 48.9 Å². The topological polar surface area (TPSA) is 71.5 Å². The molecule has 2 aromatic rings. The van der Waals surface area contributed by atoms with Gasteiger partial charge in [-0.1, -0.05) is 63.2 Å². The Hall–Kier alpha value is -1.70. The van der Waals surface area contributed by atoms with E-state index in [4.69, 9.17) is 0 Å². The third kappa shape index (κ3) is 4.90. The fraction of sp³-hybridized carbons (Fsp3) is 0.455. The molecule has 0 N–H and O–H groups in total. The first-order chi connectivity index (χ1) is 13.4. The van der Waals surface area contributed by atoms with Crippen molar-refractivity contribution in [2.75, 3.05) is 18.6 Å². The van der Waals surface area contributed by atoms with Crippen molar-refractivity contribution in [3.05, 3.63) is 65.7 Å². The van der Waals surface area contributed by atoms with Gasteiger partial charge in [0, 0.05) is 12.6 Å². The van der Waals surface area contributed by atoms with Crippen LogP contribution in [0.1, 0.15) is 31.9 Å². The van der Waals surface area contributed by atoms with Crippen LogP contribution in [0.3, 0.4) is 0 Å². The predicted molar refractivity (Wildman–Crippen MR) is 116 cm³/mol. The normalized spacial score (nSPS) is 22.1. The van der Waals surface area contributed by atoms with Crippen molar-refractivity contribution in [3.63, 3.8) is 0 Å². The van der Waals surface area contributed by atoms with Crippen LogP contribution in [-0.2, 0) is 31.6 Å². The molecule has 2 aromatic carbocycles. The fourth-order valence-corrected chi connectivity index (χ4v) is 8.72. The van der Waals surface area contributed by atoms with Crippen LogP contribution < -0.4 is 0 Å². The van der Waals surface area contributed by atoms with E-state index >= 15 is 0 Å². The molecule has 0 radical (unpaired) electrons. The van der Waals surface area contributed by atoms with E-state index in [0.29, 0.717) is 6.54 Å². The molecule has 2 atom stereocenters. The summed E-state index contributed by atoms with van der Waals surface area (Å²) in [4.78, 5) is 2.04. The number of hydrogen-bond donors (Lipinski definition) is 0. The Kier molecular flexibility index (Phi) is 5.96. The van der Waals surface area contributed by atoms with Gasteiger partial charge in [-0.05, 0) is 35.7 Å². The highest BCUT2D eigenvalue weighted by molar-refractivity contribution is 7.96. The summed E-state index contributed by atoms with van der Waals surface area (Å²) < 4.78 is 51.5. The van der Waals surface area contributed by atoms with E-state index < -0.39 is 31.0 Å². The average Bonchev–Trinajstić information content (AvgIpc) is 2.98. The number of sulfone groups is 2. The zero-order valence-corrected chi connectivity index (χ0v) is 19.0. The Labute approximate surface area is 174 Å². The van der Waals surface area contributed by atoms with E-state index in [-0.39, 0.29) is 21.8 Å². The van der Waals surface area contributed by atoms with Gasteiger partial charge in [0.1, 0.15) is 0 Å². The lowest BCUT2D eigenvalue weighted by Gasteiger charge is -2.28. The summed E-state index contributed by atoms with van der Waals surface area (Å²) in [5.41, 5.74) is 1.97. The highest BCUT2D eigenvalue weighted by Crippen LogP contribution is 2.31. The SMILES string of the molecule is CN(Cc1ccccc1)[C@H]1CS(=O)(=O)C[C@@H]1S(=O)(=O)c1ccc(C(C)(C)C)cc1. The summed E-state index contributed by atoms with van der Waals surface area (Å²) in [5.74, 6) is -0.472. The molecule has 5 nitrogen and oxygen atoms in total. The molecule has 0 spiro atoms. The van der Waals surface area contributed by atoms with E-state index in [9.17, 15) is 16.8 Å². The monoisotopic (exact) mass is 435 g/mol. The highest BCUT2D eigenvalue weighted by Gasteiger charge is 2.47. The largest absolute Gasteiger partial charge is 0.297 e. The maximum atomic E-state index is 13.4. The number of nitrogens with zero attached hydrogens (tertiary/aromatic N) is 1. The van der Waals surface area contributed by atoms with Crippen LogP contribution >= 0.6 is 0 Å². The average molecular weight is 436 g/mol. The maximum absolute atomic E-state index is 13.4. The molecule has 1 fully saturated rings. The Morgan fingerprint density at radius 3 is 2.10 bits per heavy atom. The zero-order valence-electron chi connectivity index (χ0n) is 17.4. The second-order valence-corrected chi connectivity index (χ2v) is 13.2. The standard InChI is InChI=1S/C22H29NO4S2/c1-22(2,3)18-10-12-19(13-11-18)29(26,27)21-16-28(24,25)15-20(21)23(4)14-17-8-6-5-7-9-17/h5-13,20-21H,14-16H2,1-4H3/t20-,21-/m0/s1. The van der Waals surface area contributed by atoms with Gasteiger partial charge in [-0.15, -0.1) is 0 Å². The van der Waals surface area contributed by atoms with Crippen LogP contribution in [0, 0.1) is 0 Å². The van der Waals surface area contributed by atoms with Crippen LogP contribution in [0.25, 0.3) is 0 Å². The van der Waals surface area contributed by atoms with Gasteiger partial charge in [0.2, 0.25) is 0 Å². The molecular formula is C22H29NO4S2. The van der Waals surface area contributed by atoms with Crippen molar-refractivity contribution in [3.8, 4) is 0 Å². The Morgan fingerprint density at radius 2 is 1.55 bits per heavy atom. The van der Waals surface area contributed by atoms with Crippen LogP contribution in [0.4, 0.5) is 0 Å². The molecule has 0 saturated carbocycles. The smallest absolute Gasteiger partial charge is 0.183 e. The molecule has 29 heavy (non-hydrogen) atoms. The van der Waals surface area contributed by atoms with Gasteiger partial charge in [-0.25, -0.2) is 16.8 Å². The first-order valence-corrected chi connectivity index (χ1v) is 13.1. The van der Waals surface area contributed by atoms with Crippen molar-refractivity contribution in [2.24, 2.45) is 0 Å². The van der Waals surface area contributed by atoms with E-state index in [1.54, 1.807) is 19.2 Å². The first kappa shape index (κ1) is 22.0. The second-order valence-electron chi connectivity index (χ2n) is 8.90. The van der Waals surface area contributed by atoms with E-state index in [1.165, 1.54) is 0 Å². The summed E-state index contributed by atoms with van der Waals surface area (Å²) in [7, 11) is -5.41. The van der Waals surface area contributed by atoms with Gasteiger partial charge in [0.15, 0.2) is 19.7 Å². The molecule has 0 amide bonds. The van der Waals surface area contributed by atoms with Crippen molar-refractivity contribution >= 4 is 19.7 Å². The molecule has 7 heteroatoms. The first-order valence-electron chi connectivity index (χ1n) is 9.69. The Morgan fingerprint density at radius 1 is 0.966 bits per heavy atom. The number of rotatable bonds is 5. The summed E-state index contributed by atoms with van der Waals surface area (Å²) in [6, 6.07) is 15.9. The molecule has 1 saturated heterocycles. The number of hydrogen-bond acceptors (Lipinski definition) is 5.